The van der Waals surface area contributed by atoms with Gasteiger partial charge in [-0.1, -0.05) is 70.6 Å². The number of carbonyl (C=O) groups excluding carboxylic acids is 1. The zero-order chi connectivity index (χ0) is 14.2. The molecule has 0 atom stereocenters. The molecule has 0 bridgehead atoms. The number of unbranched alkanes of at least 4 members (excludes halogenated alkanes) is 7. The zero-order valence-corrected chi connectivity index (χ0v) is 12.7. The van der Waals surface area contributed by atoms with Crippen molar-refractivity contribution in [3.63, 3.8) is 0 Å². The molecule has 110 valence electrons. The third kappa shape index (κ3) is 14.9. The van der Waals surface area contributed by atoms with E-state index in [1.54, 1.807) is 6.08 Å². The second kappa shape index (κ2) is 15.0. The Bertz CT molecular complexity index is 254. The summed E-state index contributed by atoms with van der Waals surface area (Å²) in [6, 6.07) is 0. The molecule has 0 aliphatic rings. The van der Waals surface area contributed by atoms with Crippen LogP contribution < -0.4 is 0 Å². The summed E-state index contributed by atoms with van der Waals surface area (Å²) in [6.45, 7) is 4.74. The maximum atomic E-state index is 11.3. The van der Waals surface area contributed by atoms with Crippen molar-refractivity contribution in [2.45, 2.75) is 71.6 Å². The van der Waals surface area contributed by atoms with Crippen molar-refractivity contribution < 1.29 is 9.53 Å². The Morgan fingerprint density at radius 1 is 0.842 bits per heavy atom. The standard InChI is InChI=1S/C17H30O2/c1-3-5-7-9-10-11-12-13-15-17(18)19-16-14-8-6-4-2/h8,13-15H,3-7,9-12,16H2,1-2H3/b14-8+,15-13+. The van der Waals surface area contributed by atoms with Gasteiger partial charge in [0, 0.05) is 6.08 Å². The van der Waals surface area contributed by atoms with Crippen molar-refractivity contribution in [2.24, 2.45) is 0 Å². The van der Waals surface area contributed by atoms with Crippen LogP contribution in [0, 0.1) is 0 Å². The van der Waals surface area contributed by atoms with E-state index in [4.69, 9.17) is 4.74 Å². The van der Waals surface area contributed by atoms with Crippen LogP contribution in [-0.4, -0.2) is 12.6 Å². The second-order valence-electron chi connectivity index (χ2n) is 4.85. The highest BCUT2D eigenvalue weighted by molar-refractivity contribution is 5.81. The summed E-state index contributed by atoms with van der Waals surface area (Å²) in [4.78, 5) is 11.3. The van der Waals surface area contributed by atoms with Gasteiger partial charge in [-0.05, 0) is 19.3 Å². The Morgan fingerprint density at radius 2 is 1.58 bits per heavy atom. The summed E-state index contributed by atoms with van der Waals surface area (Å²) in [5.74, 6) is -0.230. The largest absolute Gasteiger partial charge is 0.458 e. The number of ether oxygens (including phenoxy) is 1. The first kappa shape index (κ1) is 17.9. The topological polar surface area (TPSA) is 26.3 Å². The molecule has 0 aliphatic carbocycles. The van der Waals surface area contributed by atoms with Gasteiger partial charge in [-0.3, -0.25) is 0 Å². The summed E-state index contributed by atoms with van der Waals surface area (Å²) in [5.41, 5.74) is 0. The van der Waals surface area contributed by atoms with Gasteiger partial charge in [-0.15, -0.1) is 0 Å². The smallest absolute Gasteiger partial charge is 0.330 e. The molecule has 0 N–H and O–H groups in total. The van der Waals surface area contributed by atoms with Crippen LogP contribution in [0.4, 0.5) is 0 Å². The molecular formula is C17H30O2. The van der Waals surface area contributed by atoms with Crippen molar-refractivity contribution in [2.75, 3.05) is 6.61 Å². The van der Waals surface area contributed by atoms with E-state index < -0.39 is 0 Å². The normalized spacial score (nSPS) is 11.5. The second-order valence-corrected chi connectivity index (χ2v) is 4.85. The number of allylic oxidation sites excluding steroid dienone is 2. The van der Waals surface area contributed by atoms with E-state index in [9.17, 15) is 4.79 Å². The van der Waals surface area contributed by atoms with Gasteiger partial charge in [0.25, 0.3) is 0 Å². The van der Waals surface area contributed by atoms with Gasteiger partial charge in [0.15, 0.2) is 0 Å². The number of hydrogen-bond acceptors (Lipinski definition) is 2. The molecule has 0 rings (SSSR count). The van der Waals surface area contributed by atoms with E-state index in [2.05, 4.69) is 13.8 Å². The highest BCUT2D eigenvalue weighted by Crippen LogP contribution is 2.07. The fraction of sp³-hybridized carbons (Fsp3) is 0.706. The van der Waals surface area contributed by atoms with E-state index in [-0.39, 0.29) is 5.97 Å². The molecule has 0 amide bonds. The lowest BCUT2D eigenvalue weighted by Gasteiger charge is -1.98. The number of esters is 1. The monoisotopic (exact) mass is 266 g/mol. The number of hydrogen-bond donors (Lipinski definition) is 0. The highest BCUT2D eigenvalue weighted by atomic mass is 16.5. The quantitative estimate of drug-likeness (QED) is 0.210. The summed E-state index contributed by atoms with van der Waals surface area (Å²) in [7, 11) is 0. The lowest BCUT2D eigenvalue weighted by atomic mass is 10.1. The molecule has 2 heteroatoms. The fourth-order valence-electron chi connectivity index (χ4n) is 1.75. The molecule has 2 nitrogen and oxygen atoms in total. The molecule has 0 unspecified atom stereocenters. The van der Waals surface area contributed by atoms with Gasteiger partial charge < -0.3 is 4.74 Å². The molecule has 0 aromatic heterocycles. The molecule has 0 heterocycles. The zero-order valence-electron chi connectivity index (χ0n) is 12.7. The van der Waals surface area contributed by atoms with Gasteiger partial charge in [-0.25, -0.2) is 4.79 Å². The van der Waals surface area contributed by atoms with Gasteiger partial charge in [0.2, 0.25) is 0 Å². The van der Waals surface area contributed by atoms with Crippen LogP contribution in [0.2, 0.25) is 0 Å². The lowest BCUT2D eigenvalue weighted by molar-refractivity contribution is -0.136. The summed E-state index contributed by atoms with van der Waals surface area (Å²) >= 11 is 0. The lowest BCUT2D eigenvalue weighted by Crippen LogP contribution is -1.99. The maximum Gasteiger partial charge on any atom is 0.330 e. The SMILES string of the molecule is CCC/C=C/COC(=O)/C=C/CCCCCCCC. The molecule has 0 spiro atoms. The van der Waals surface area contributed by atoms with Crippen LogP contribution in [0.25, 0.3) is 0 Å². The third-order valence-corrected chi connectivity index (χ3v) is 2.92. The highest BCUT2D eigenvalue weighted by Gasteiger charge is 1.93. The Labute approximate surface area is 118 Å². The summed E-state index contributed by atoms with van der Waals surface area (Å²) < 4.78 is 5.04. The molecule has 0 aromatic rings. The average Bonchev–Trinajstić information content (AvgIpc) is 2.41. The minimum absolute atomic E-state index is 0.230. The summed E-state index contributed by atoms with van der Waals surface area (Å²) in [6.07, 6.45) is 18.3. The minimum Gasteiger partial charge on any atom is -0.458 e. The molecule has 0 saturated heterocycles. The first-order valence-corrected chi connectivity index (χ1v) is 7.79. The van der Waals surface area contributed by atoms with Crippen LogP contribution in [0.3, 0.4) is 0 Å². The predicted molar refractivity (Wildman–Crippen MR) is 82.1 cm³/mol. The van der Waals surface area contributed by atoms with Crippen molar-refractivity contribution in [1.82, 2.24) is 0 Å². The molecule has 0 saturated carbocycles. The van der Waals surface area contributed by atoms with Crippen molar-refractivity contribution in [1.29, 1.82) is 0 Å². The van der Waals surface area contributed by atoms with E-state index in [1.165, 1.54) is 38.5 Å². The van der Waals surface area contributed by atoms with E-state index in [1.807, 2.05) is 18.2 Å². The van der Waals surface area contributed by atoms with E-state index in [0.29, 0.717) is 6.61 Å². The van der Waals surface area contributed by atoms with Crippen LogP contribution in [-0.2, 0) is 9.53 Å². The Hall–Kier alpha value is -1.05. The van der Waals surface area contributed by atoms with E-state index in [0.717, 1.165) is 19.3 Å². The summed E-state index contributed by atoms with van der Waals surface area (Å²) in [5, 5.41) is 0. The first-order chi connectivity index (χ1) is 9.31. The third-order valence-electron chi connectivity index (χ3n) is 2.92. The van der Waals surface area contributed by atoms with Crippen molar-refractivity contribution in [3.8, 4) is 0 Å². The van der Waals surface area contributed by atoms with Crippen LogP contribution in [0.1, 0.15) is 71.6 Å². The predicted octanol–water partition coefficient (Wildman–Crippen LogP) is 5.19. The first-order valence-electron chi connectivity index (χ1n) is 7.79. The molecule has 0 aromatic carbocycles. The number of rotatable bonds is 12. The van der Waals surface area contributed by atoms with Crippen LogP contribution >= 0.6 is 0 Å². The fourth-order valence-corrected chi connectivity index (χ4v) is 1.75. The van der Waals surface area contributed by atoms with Gasteiger partial charge >= 0.3 is 5.97 Å². The van der Waals surface area contributed by atoms with Crippen molar-refractivity contribution in [3.05, 3.63) is 24.3 Å². The molecular weight excluding hydrogens is 236 g/mol. The Morgan fingerprint density at radius 3 is 2.32 bits per heavy atom. The van der Waals surface area contributed by atoms with Crippen molar-refractivity contribution >= 4 is 5.97 Å². The Kier molecular flexibility index (Phi) is 14.2. The molecule has 19 heavy (non-hydrogen) atoms. The minimum atomic E-state index is -0.230. The van der Waals surface area contributed by atoms with Crippen LogP contribution in [0.5, 0.6) is 0 Å². The number of carbonyl (C=O) groups is 1. The van der Waals surface area contributed by atoms with Gasteiger partial charge in [-0.2, -0.15) is 0 Å². The molecule has 0 radical (unpaired) electrons. The molecule has 0 fully saturated rings. The van der Waals surface area contributed by atoms with E-state index >= 15 is 0 Å². The Balaban J connectivity index is 3.36. The van der Waals surface area contributed by atoms with Gasteiger partial charge in [0.1, 0.15) is 6.61 Å². The van der Waals surface area contributed by atoms with Gasteiger partial charge in [0.05, 0.1) is 0 Å². The van der Waals surface area contributed by atoms with Crippen LogP contribution in [0.15, 0.2) is 24.3 Å². The molecule has 0 aliphatic heterocycles. The maximum absolute atomic E-state index is 11.3. The average molecular weight is 266 g/mol.